The van der Waals surface area contributed by atoms with Crippen molar-refractivity contribution in [2.45, 2.75) is 52.1 Å². The minimum atomic E-state index is -0.292. The number of benzene rings is 1. The van der Waals surface area contributed by atoms with E-state index >= 15 is 0 Å². The van der Waals surface area contributed by atoms with Crippen LogP contribution in [-0.4, -0.2) is 16.0 Å². The van der Waals surface area contributed by atoms with Crippen molar-refractivity contribution in [3.63, 3.8) is 0 Å². The van der Waals surface area contributed by atoms with Gasteiger partial charge in [0.2, 0.25) is 5.91 Å². The molecule has 1 heterocycles. The van der Waals surface area contributed by atoms with Crippen molar-refractivity contribution in [1.82, 2.24) is 4.98 Å². The molecule has 1 aliphatic rings. The Balaban J connectivity index is 0.00000243. The molecule has 26 heavy (non-hydrogen) atoms. The summed E-state index contributed by atoms with van der Waals surface area (Å²) >= 11 is 13.5. The average Bonchev–Trinajstić information content (AvgIpc) is 3.26. The van der Waals surface area contributed by atoms with E-state index in [1.165, 1.54) is 24.2 Å². The number of aromatic nitrogens is 1. The lowest BCUT2D eigenvalue weighted by Crippen LogP contribution is -2.23. The Morgan fingerprint density at radius 1 is 1.31 bits per heavy atom. The van der Waals surface area contributed by atoms with Crippen LogP contribution in [0.2, 0.25) is 10.0 Å². The quantitative estimate of drug-likeness (QED) is 0.619. The first-order chi connectivity index (χ1) is 12.1. The second kappa shape index (κ2) is 9.70. The van der Waals surface area contributed by atoms with Crippen LogP contribution in [0.4, 0.5) is 5.13 Å². The summed E-state index contributed by atoms with van der Waals surface area (Å²) in [5.74, 6) is 0.165. The number of thiazole rings is 1. The van der Waals surface area contributed by atoms with Gasteiger partial charge in [0.1, 0.15) is 0 Å². The SMILES string of the molecule is C.O=C(Nc1ncc(CO)s1)C(CC1CCCC1)c1ccc(Cl)c(Cl)c1. The van der Waals surface area contributed by atoms with Gasteiger partial charge < -0.3 is 10.4 Å². The van der Waals surface area contributed by atoms with E-state index in [2.05, 4.69) is 10.3 Å². The van der Waals surface area contributed by atoms with Crippen molar-refractivity contribution in [2.24, 2.45) is 5.92 Å². The first-order valence-electron chi connectivity index (χ1n) is 8.38. The fraction of sp³-hybridized carbons (Fsp3) is 0.474. The molecule has 0 spiro atoms. The van der Waals surface area contributed by atoms with Crippen LogP contribution in [0.1, 0.15) is 55.9 Å². The highest BCUT2D eigenvalue weighted by Gasteiger charge is 2.27. The molecule has 1 fully saturated rings. The van der Waals surface area contributed by atoms with Gasteiger partial charge in [-0.2, -0.15) is 0 Å². The van der Waals surface area contributed by atoms with E-state index in [0.717, 1.165) is 29.7 Å². The van der Waals surface area contributed by atoms with Gasteiger partial charge in [-0.3, -0.25) is 4.79 Å². The molecule has 2 N–H and O–H groups in total. The van der Waals surface area contributed by atoms with Gasteiger partial charge in [0.15, 0.2) is 5.13 Å². The van der Waals surface area contributed by atoms with Crippen LogP contribution in [0, 0.1) is 5.92 Å². The Hall–Kier alpha value is -1.14. The molecule has 0 saturated heterocycles. The molecule has 7 heteroatoms. The van der Waals surface area contributed by atoms with Crippen molar-refractivity contribution in [1.29, 1.82) is 0 Å². The first kappa shape index (κ1) is 21.2. The molecule has 1 aromatic carbocycles. The Morgan fingerprint density at radius 2 is 2.04 bits per heavy atom. The summed E-state index contributed by atoms with van der Waals surface area (Å²) in [5.41, 5.74) is 0.873. The van der Waals surface area contributed by atoms with Crippen molar-refractivity contribution in [3.8, 4) is 0 Å². The fourth-order valence-electron chi connectivity index (χ4n) is 3.33. The minimum absolute atomic E-state index is 0. The largest absolute Gasteiger partial charge is 0.391 e. The molecule has 142 valence electrons. The molecule has 0 bridgehead atoms. The minimum Gasteiger partial charge on any atom is -0.391 e. The standard InChI is InChI=1S/C18H20Cl2N2O2S.CH4/c19-15-6-5-12(8-16(15)20)14(7-11-3-1-2-4-11)17(24)22-18-21-9-13(10-23)25-18;/h5-6,8-9,11,14,23H,1-4,7,10H2,(H,21,22,24);1H4. The van der Waals surface area contributed by atoms with E-state index in [-0.39, 0.29) is 25.9 Å². The molecule has 1 amide bonds. The van der Waals surface area contributed by atoms with Crippen LogP contribution >= 0.6 is 34.5 Å². The van der Waals surface area contributed by atoms with Gasteiger partial charge in [-0.05, 0) is 30.0 Å². The third kappa shape index (κ3) is 5.19. The first-order valence-corrected chi connectivity index (χ1v) is 9.95. The zero-order chi connectivity index (χ0) is 17.8. The van der Waals surface area contributed by atoms with Crippen LogP contribution in [-0.2, 0) is 11.4 Å². The number of nitrogens with one attached hydrogen (secondary N) is 1. The number of amides is 1. The molecule has 0 aliphatic heterocycles. The molecule has 1 aliphatic carbocycles. The van der Waals surface area contributed by atoms with Crippen LogP contribution in [0.15, 0.2) is 24.4 Å². The summed E-state index contributed by atoms with van der Waals surface area (Å²) in [5, 5.41) is 13.5. The molecule has 1 saturated carbocycles. The number of rotatable bonds is 6. The third-order valence-corrected chi connectivity index (χ3v) is 6.28. The maximum Gasteiger partial charge on any atom is 0.233 e. The predicted molar refractivity (Wildman–Crippen MR) is 109 cm³/mol. The number of hydrogen-bond acceptors (Lipinski definition) is 4. The van der Waals surface area contributed by atoms with Gasteiger partial charge in [0.25, 0.3) is 0 Å². The zero-order valence-corrected chi connectivity index (χ0v) is 16.0. The van der Waals surface area contributed by atoms with Crippen LogP contribution in [0.5, 0.6) is 0 Å². The monoisotopic (exact) mass is 414 g/mol. The highest BCUT2D eigenvalue weighted by molar-refractivity contribution is 7.15. The highest BCUT2D eigenvalue weighted by Crippen LogP contribution is 2.36. The van der Waals surface area contributed by atoms with Crippen molar-refractivity contribution in [2.75, 3.05) is 5.32 Å². The lowest BCUT2D eigenvalue weighted by atomic mass is 9.87. The van der Waals surface area contributed by atoms with Gasteiger partial charge in [-0.15, -0.1) is 0 Å². The number of aliphatic hydroxyl groups is 1. The predicted octanol–water partition coefficient (Wildman–Crippen LogP) is 5.88. The van der Waals surface area contributed by atoms with Crippen molar-refractivity contribution < 1.29 is 9.90 Å². The van der Waals surface area contributed by atoms with Crippen LogP contribution < -0.4 is 5.32 Å². The lowest BCUT2D eigenvalue weighted by Gasteiger charge is -2.20. The number of carbonyl (C=O) groups excluding carboxylic acids is 1. The molecule has 1 unspecified atom stereocenters. The maximum atomic E-state index is 12.9. The van der Waals surface area contributed by atoms with Crippen LogP contribution in [0.3, 0.4) is 0 Å². The second-order valence-corrected chi connectivity index (χ2v) is 8.32. The number of halogens is 2. The van der Waals surface area contributed by atoms with Crippen LogP contribution in [0.25, 0.3) is 0 Å². The lowest BCUT2D eigenvalue weighted by molar-refractivity contribution is -0.118. The van der Waals surface area contributed by atoms with Crippen molar-refractivity contribution in [3.05, 3.63) is 44.9 Å². The second-order valence-electron chi connectivity index (χ2n) is 6.39. The zero-order valence-electron chi connectivity index (χ0n) is 13.7. The average molecular weight is 415 g/mol. The maximum absolute atomic E-state index is 12.9. The van der Waals surface area contributed by atoms with E-state index in [1.54, 1.807) is 18.3 Å². The van der Waals surface area contributed by atoms with E-state index in [4.69, 9.17) is 28.3 Å². The Kier molecular flexibility index (Phi) is 7.89. The van der Waals surface area contributed by atoms with Gasteiger partial charge in [0.05, 0.1) is 27.4 Å². The Bertz CT molecular complexity index is 745. The molecular weight excluding hydrogens is 391 g/mol. The summed E-state index contributed by atoms with van der Waals surface area (Å²) in [6.07, 6.45) is 7.15. The third-order valence-electron chi connectivity index (χ3n) is 4.65. The van der Waals surface area contributed by atoms with Gasteiger partial charge >= 0.3 is 0 Å². The smallest absolute Gasteiger partial charge is 0.233 e. The summed E-state index contributed by atoms with van der Waals surface area (Å²) < 4.78 is 0. The normalized spacial score (nSPS) is 15.5. The summed E-state index contributed by atoms with van der Waals surface area (Å²) in [4.78, 5) is 17.8. The van der Waals surface area contributed by atoms with Gasteiger partial charge in [0, 0.05) is 6.20 Å². The van der Waals surface area contributed by atoms with E-state index < -0.39 is 0 Å². The molecule has 1 atom stereocenters. The molecule has 0 radical (unpaired) electrons. The molecule has 1 aromatic heterocycles. The summed E-state index contributed by atoms with van der Waals surface area (Å²) in [6, 6.07) is 5.39. The number of aliphatic hydroxyl groups excluding tert-OH is 1. The Morgan fingerprint density at radius 3 is 2.65 bits per heavy atom. The molecule has 2 aromatic rings. The van der Waals surface area contributed by atoms with Gasteiger partial charge in [-0.25, -0.2) is 4.98 Å². The van der Waals surface area contributed by atoms with E-state index in [1.807, 2.05) is 6.07 Å². The summed E-state index contributed by atoms with van der Waals surface area (Å²) in [6.45, 7) is -0.0775. The topological polar surface area (TPSA) is 62.2 Å². The Labute approximate surface area is 168 Å². The van der Waals surface area contributed by atoms with E-state index in [9.17, 15) is 4.79 Å². The number of nitrogens with zero attached hydrogens (tertiary/aromatic N) is 1. The van der Waals surface area contributed by atoms with Gasteiger partial charge in [-0.1, -0.05) is 73.7 Å². The number of anilines is 1. The number of hydrogen-bond donors (Lipinski definition) is 2. The number of carbonyl (C=O) groups is 1. The van der Waals surface area contributed by atoms with Crippen molar-refractivity contribution >= 4 is 45.6 Å². The highest BCUT2D eigenvalue weighted by atomic mass is 35.5. The van der Waals surface area contributed by atoms with E-state index in [0.29, 0.717) is 21.1 Å². The molecule has 3 rings (SSSR count). The molecule has 4 nitrogen and oxygen atoms in total. The molecular formula is C19H24Cl2N2O2S. The fourth-order valence-corrected chi connectivity index (χ4v) is 4.32. The summed E-state index contributed by atoms with van der Waals surface area (Å²) in [7, 11) is 0.